The van der Waals surface area contributed by atoms with Crippen LogP contribution in [0.15, 0.2) is 23.2 Å². The summed E-state index contributed by atoms with van der Waals surface area (Å²) in [5.41, 5.74) is 6.31. The number of nitrogens with two attached hydrogens (primary N) is 1. The largest absolute Gasteiger partial charge is 0.504 e. The van der Waals surface area contributed by atoms with E-state index in [1.165, 1.54) is 13.2 Å². The van der Waals surface area contributed by atoms with E-state index in [0.717, 1.165) is 5.56 Å². The lowest BCUT2D eigenvalue weighted by molar-refractivity contribution is 0.373. The molecule has 0 amide bonds. The fraction of sp³-hybridized carbons (Fsp3) is 0.222. The van der Waals surface area contributed by atoms with Crippen LogP contribution in [0, 0.1) is 0 Å². The minimum Gasteiger partial charge on any atom is -0.504 e. The third-order valence-corrected chi connectivity index (χ3v) is 1.72. The van der Waals surface area contributed by atoms with Gasteiger partial charge in [-0.15, -0.1) is 0 Å². The molecule has 0 heterocycles. The van der Waals surface area contributed by atoms with Gasteiger partial charge in [-0.2, -0.15) is 0 Å². The first kappa shape index (κ1) is 9.38. The predicted molar refractivity (Wildman–Crippen MR) is 51.3 cm³/mol. The normalized spacial score (nSPS) is 11.4. The summed E-state index contributed by atoms with van der Waals surface area (Å²) in [5, 5.41) is 9.28. The van der Waals surface area contributed by atoms with Crippen LogP contribution in [0.5, 0.6) is 11.5 Å². The zero-order valence-electron chi connectivity index (χ0n) is 7.61. The number of methoxy groups -OCH3 is 1. The SMILES string of the molecule is CN=C(N)c1ccc(O)c(OC)c1. The maximum atomic E-state index is 9.28. The molecule has 0 fully saturated rings. The van der Waals surface area contributed by atoms with Crippen molar-refractivity contribution in [1.82, 2.24) is 0 Å². The van der Waals surface area contributed by atoms with Crippen molar-refractivity contribution in [2.24, 2.45) is 10.7 Å². The molecule has 4 nitrogen and oxygen atoms in total. The van der Waals surface area contributed by atoms with Gasteiger partial charge in [0.25, 0.3) is 0 Å². The molecule has 0 bridgehead atoms. The summed E-state index contributed by atoms with van der Waals surface area (Å²) in [4.78, 5) is 3.82. The van der Waals surface area contributed by atoms with Gasteiger partial charge >= 0.3 is 0 Å². The van der Waals surface area contributed by atoms with Crippen LogP contribution in [-0.4, -0.2) is 25.1 Å². The van der Waals surface area contributed by atoms with Gasteiger partial charge in [0.05, 0.1) is 7.11 Å². The lowest BCUT2D eigenvalue weighted by Gasteiger charge is -2.05. The van der Waals surface area contributed by atoms with Gasteiger partial charge in [-0.25, -0.2) is 0 Å². The first-order chi connectivity index (χ1) is 6.19. The molecule has 1 aromatic carbocycles. The van der Waals surface area contributed by atoms with Gasteiger partial charge in [-0.05, 0) is 18.2 Å². The zero-order valence-corrected chi connectivity index (χ0v) is 7.61. The summed E-state index contributed by atoms with van der Waals surface area (Å²) in [6.07, 6.45) is 0. The summed E-state index contributed by atoms with van der Waals surface area (Å²) in [6.45, 7) is 0. The Kier molecular flexibility index (Phi) is 2.74. The molecule has 0 spiro atoms. The van der Waals surface area contributed by atoms with E-state index in [1.807, 2.05) is 0 Å². The van der Waals surface area contributed by atoms with E-state index in [2.05, 4.69) is 4.99 Å². The third kappa shape index (κ3) is 1.90. The molecule has 1 rings (SSSR count). The second-order valence-electron chi connectivity index (χ2n) is 2.50. The number of phenols is 1. The van der Waals surface area contributed by atoms with E-state index in [1.54, 1.807) is 19.2 Å². The molecule has 70 valence electrons. The molecule has 0 aliphatic heterocycles. The maximum Gasteiger partial charge on any atom is 0.161 e. The highest BCUT2D eigenvalue weighted by Gasteiger charge is 2.04. The lowest BCUT2D eigenvalue weighted by Crippen LogP contribution is -2.12. The number of aromatic hydroxyl groups is 1. The minimum absolute atomic E-state index is 0.0927. The monoisotopic (exact) mass is 180 g/mol. The number of benzene rings is 1. The fourth-order valence-corrected chi connectivity index (χ4v) is 0.966. The van der Waals surface area contributed by atoms with Gasteiger partial charge in [0.1, 0.15) is 5.84 Å². The molecular weight excluding hydrogens is 168 g/mol. The summed E-state index contributed by atoms with van der Waals surface area (Å²) in [5.74, 6) is 0.901. The average molecular weight is 180 g/mol. The Morgan fingerprint density at radius 1 is 1.54 bits per heavy atom. The maximum absolute atomic E-state index is 9.28. The van der Waals surface area contributed by atoms with Crippen LogP contribution < -0.4 is 10.5 Å². The summed E-state index contributed by atoms with van der Waals surface area (Å²) in [6, 6.07) is 4.84. The van der Waals surface area contributed by atoms with E-state index in [9.17, 15) is 5.11 Å². The van der Waals surface area contributed by atoms with Crippen molar-refractivity contribution in [3.8, 4) is 11.5 Å². The number of hydrogen-bond acceptors (Lipinski definition) is 3. The van der Waals surface area contributed by atoms with Crippen LogP contribution in [0.4, 0.5) is 0 Å². The van der Waals surface area contributed by atoms with Crippen LogP contribution in [0.3, 0.4) is 0 Å². The molecule has 3 N–H and O–H groups in total. The van der Waals surface area contributed by atoms with Crippen LogP contribution in [0.1, 0.15) is 5.56 Å². The molecule has 0 saturated carbocycles. The first-order valence-electron chi connectivity index (χ1n) is 3.78. The Morgan fingerprint density at radius 3 is 2.77 bits per heavy atom. The molecule has 0 saturated heterocycles. The number of aliphatic imine (C=N–C) groups is 1. The summed E-state index contributed by atoms with van der Waals surface area (Å²) < 4.78 is 4.92. The zero-order chi connectivity index (χ0) is 9.84. The molecule has 0 atom stereocenters. The second kappa shape index (κ2) is 3.80. The Labute approximate surface area is 76.7 Å². The number of hydrogen-bond donors (Lipinski definition) is 2. The highest BCUT2D eigenvalue weighted by Crippen LogP contribution is 2.25. The smallest absolute Gasteiger partial charge is 0.161 e. The van der Waals surface area contributed by atoms with E-state index in [-0.39, 0.29) is 5.75 Å². The Morgan fingerprint density at radius 2 is 2.23 bits per heavy atom. The molecule has 0 unspecified atom stereocenters. The van der Waals surface area contributed by atoms with E-state index < -0.39 is 0 Å². The number of nitrogens with zero attached hydrogens (tertiary/aromatic N) is 1. The summed E-state index contributed by atoms with van der Waals surface area (Å²) >= 11 is 0. The van der Waals surface area contributed by atoms with Crippen LogP contribution >= 0.6 is 0 Å². The average Bonchev–Trinajstić information content (AvgIpc) is 2.17. The molecule has 0 aliphatic carbocycles. The van der Waals surface area contributed by atoms with Crippen LogP contribution in [0.25, 0.3) is 0 Å². The Bertz CT molecular complexity index is 334. The van der Waals surface area contributed by atoms with Crippen molar-refractivity contribution in [2.45, 2.75) is 0 Å². The molecule has 0 aliphatic rings. The third-order valence-electron chi connectivity index (χ3n) is 1.72. The van der Waals surface area contributed by atoms with Gasteiger partial charge in [0, 0.05) is 12.6 Å². The van der Waals surface area contributed by atoms with Crippen molar-refractivity contribution < 1.29 is 9.84 Å². The Balaban J connectivity index is 3.13. The van der Waals surface area contributed by atoms with Gasteiger partial charge in [-0.1, -0.05) is 0 Å². The highest BCUT2D eigenvalue weighted by atomic mass is 16.5. The highest BCUT2D eigenvalue weighted by molar-refractivity contribution is 5.97. The van der Waals surface area contributed by atoms with Crippen molar-refractivity contribution >= 4 is 5.84 Å². The molecule has 0 radical (unpaired) electrons. The van der Waals surface area contributed by atoms with Crippen LogP contribution in [0.2, 0.25) is 0 Å². The lowest BCUT2D eigenvalue weighted by atomic mass is 10.2. The topological polar surface area (TPSA) is 67.8 Å². The predicted octanol–water partition coefficient (Wildman–Crippen LogP) is 0.736. The van der Waals surface area contributed by atoms with Crippen molar-refractivity contribution in [1.29, 1.82) is 0 Å². The number of phenolic OH excluding ortho intramolecular Hbond substituents is 1. The fourth-order valence-electron chi connectivity index (χ4n) is 0.966. The Hall–Kier alpha value is -1.71. The number of ether oxygens (including phenoxy) is 1. The van der Waals surface area contributed by atoms with Gasteiger partial charge in [-0.3, -0.25) is 4.99 Å². The molecule has 4 heteroatoms. The summed E-state index contributed by atoms with van der Waals surface area (Å²) in [7, 11) is 3.09. The number of amidine groups is 1. The second-order valence-corrected chi connectivity index (χ2v) is 2.50. The first-order valence-corrected chi connectivity index (χ1v) is 3.78. The van der Waals surface area contributed by atoms with Crippen molar-refractivity contribution in [2.75, 3.05) is 14.2 Å². The van der Waals surface area contributed by atoms with Crippen LogP contribution in [-0.2, 0) is 0 Å². The molecule has 0 aromatic heterocycles. The van der Waals surface area contributed by atoms with Crippen molar-refractivity contribution in [3.05, 3.63) is 23.8 Å². The quantitative estimate of drug-likeness (QED) is 0.521. The molecular formula is C9H12N2O2. The van der Waals surface area contributed by atoms with Crippen molar-refractivity contribution in [3.63, 3.8) is 0 Å². The van der Waals surface area contributed by atoms with E-state index in [4.69, 9.17) is 10.5 Å². The minimum atomic E-state index is 0.0927. The van der Waals surface area contributed by atoms with Gasteiger partial charge < -0.3 is 15.6 Å². The van der Waals surface area contributed by atoms with E-state index in [0.29, 0.717) is 11.6 Å². The molecule has 1 aromatic rings. The standard InChI is InChI=1S/C9H12N2O2/c1-11-9(10)6-3-4-7(12)8(5-6)13-2/h3-5,12H,1-2H3,(H2,10,11). The van der Waals surface area contributed by atoms with E-state index >= 15 is 0 Å². The number of rotatable bonds is 2. The van der Waals surface area contributed by atoms with Gasteiger partial charge in [0.2, 0.25) is 0 Å². The molecule has 13 heavy (non-hydrogen) atoms. The van der Waals surface area contributed by atoms with Gasteiger partial charge in [0.15, 0.2) is 11.5 Å².